The Morgan fingerprint density at radius 2 is 1.45 bits per heavy atom. The number of ether oxygens (including phenoxy) is 6. The standard InChI is InChI=1S/C33H29NO8/c1-37-27-12-18(13-28(38-2)32(27)35)29-22-14-25-26(41-17-40-25)15-23(22)31(24-16-39-33(36)30(24)29)34-19-8-10-21(11-9-19)42-20-6-4-3-5-7-20/h3-15,24,29-31,34-35H,16-17H2,1-2H3/t24-,29+,30-,31+/m0/s1. The first-order valence-corrected chi connectivity index (χ1v) is 13.7. The minimum atomic E-state index is -0.505. The van der Waals surface area contributed by atoms with Crippen molar-refractivity contribution in [1.82, 2.24) is 0 Å². The molecule has 2 N–H and O–H groups in total. The number of hydrogen-bond donors (Lipinski definition) is 2. The molecular formula is C33H29NO8. The number of anilines is 1. The van der Waals surface area contributed by atoms with Crippen molar-refractivity contribution in [2.24, 2.45) is 11.8 Å². The normalized spacial score (nSPS) is 21.6. The van der Waals surface area contributed by atoms with E-state index in [0.717, 1.165) is 28.1 Å². The summed E-state index contributed by atoms with van der Waals surface area (Å²) in [5.41, 5.74) is 3.50. The van der Waals surface area contributed by atoms with E-state index in [1.807, 2.05) is 66.7 Å². The van der Waals surface area contributed by atoms with Gasteiger partial charge in [0.2, 0.25) is 12.5 Å². The first-order chi connectivity index (χ1) is 20.5. The number of benzene rings is 4. The number of aromatic hydroxyl groups is 1. The summed E-state index contributed by atoms with van der Waals surface area (Å²) in [6.45, 7) is 0.382. The maximum atomic E-state index is 13.4. The Labute approximate surface area is 242 Å². The topological polar surface area (TPSA) is 105 Å². The second-order valence-corrected chi connectivity index (χ2v) is 10.5. The van der Waals surface area contributed by atoms with Gasteiger partial charge >= 0.3 is 5.97 Å². The van der Waals surface area contributed by atoms with Crippen molar-refractivity contribution >= 4 is 11.7 Å². The van der Waals surface area contributed by atoms with Gasteiger partial charge in [0.25, 0.3) is 0 Å². The van der Waals surface area contributed by atoms with Crippen LogP contribution in [-0.2, 0) is 9.53 Å². The highest BCUT2D eigenvalue weighted by Crippen LogP contribution is 2.56. The summed E-state index contributed by atoms with van der Waals surface area (Å²) in [4.78, 5) is 13.4. The molecule has 0 spiro atoms. The summed E-state index contributed by atoms with van der Waals surface area (Å²) < 4.78 is 34.1. The van der Waals surface area contributed by atoms with Crippen LogP contribution in [0.5, 0.6) is 40.2 Å². The van der Waals surface area contributed by atoms with Crippen LogP contribution in [0.15, 0.2) is 78.9 Å². The maximum Gasteiger partial charge on any atom is 0.310 e. The monoisotopic (exact) mass is 567 g/mol. The molecule has 0 unspecified atom stereocenters. The third kappa shape index (κ3) is 4.38. The number of para-hydroxylation sites is 1. The second-order valence-electron chi connectivity index (χ2n) is 10.5. The highest BCUT2D eigenvalue weighted by atomic mass is 16.7. The van der Waals surface area contributed by atoms with E-state index in [2.05, 4.69) is 5.32 Å². The van der Waals surface area contributed by atoms with E-state index in [4.69, 9.17) is 28.4 Å². The predicted octanol–water partition coefficient (Wildman–Crippen LogP) is 6.02. The zero-order valence-corrected chi connectivity index (χ0v) is 23.0. The number of rotatable bonds is 7. The first kappa shape index (κ1) is 25.9. The van der Waals surface area contributed by atoms with Crippen molar-refractivity contribution in [3.63, 3.8) is 0 Å². The number of phenols is 1. The van der Waals surface area contributed by atoms with Gasteiger partial charge in [-0.2, -0.15) is 0 Å². The Morgan fingerprint density at radius 3 is 2.12 bits per heavy atom. The Hall–Kier alpha value is -5.05. The smallest absolute Gasteiger partial charge is 0.310 e. The molecule has 42 heavy (non-hydrogen) atoms. The molecule has 4 atom stereocenters. The Bertz CT molecular complexity index is 1610. The summed E-state index contributed by atoms with van der Waals surface area (Å²) in [6.07, 6.45) is 0. The molecule has 214 valence electrons. The van der Waals surface area contributed by atoms with Crippen molar-refractivity contribution < 1.29 is 38.3 Å². The molecular weight excluding hydrogens is 538 g/mol. The van der Waals surface area contributed by atoms with Gasteiger partial charge in [0, 0.05) is 17.5 Å². The van der Waals surface area contributed by atoms with E-state index in [0.29, 0.717) is 17.2 Å². The minimum absolute atomic E-state index is 0.102. The van der Waals surface area contributed by atoms with Gasteiger partial charge in [0.1, 0.15) is 11.5 Å². The van der Waals surface area contributed by atoms with Crippen molar-refractivity contribution in [3.05, 3.63) is 95.6 Å². The van der Waals surface area contributed by atoms with E-state index in [9.17, 15) is 9.90 Å². The van der Waals surface area contributed by atoms with Gasteiger partial charge in [-0.3, -0.25) is 4.79 Å². The molecule has 1 fully saturated rings. The van der Waals surface area contributed by atoms with Crippen LogP contribution in [0.4, 0.5) is 5.69 Å². The van der Waals surface area contributed by atoms with Gasteiger partial charge in [-0.1, -0.05) is 18.2 Å². The molecule has 1 saturated heterocycles. The van der Waals surface area contributed by atoms with Crippen LogP contribution in [0.1, 0.15) is 28.7 Å². The molecule has 1 aliphatic carbocycles. The van der Waals surface area contributed by atoms with Crippen LogP contribution in [-0.4, -0.2) is 38.7 Å². The second kappa shape index (κ2) is 10.4. The fourth-order valence-electron chi connectivity index (χ4n) is 6.26. The largest absolute Gasteiger partial charge is 0.502 e. The number of nitrogens with one attached hydrogen (secondary N) is 1. The van der Waals surface area contributed by atoms with Gasteiger partial charge in [-0.25, -0.2) is 0 Å². The molecule has 7 rings (SSSR count). The molecule has 2 heterocycles. The third-order valence-electron chi connectivity index (χ3n) is 8.20. The zero-order valence-electron chi connectivity index (χ0n) is 23.0. The lowest BCUT2D eigenvalue weighted by Gasteiger charge is -2.40. The number of carbonyl (C=O) groups excluding carboxylic acids is 1. The molecule has 0 radical (unpaired) electrons. The third-order valence-corrected chi connectivity index (χ3v) is 8.20. The summed E-state index contributed by atoms with van der Waals surface area (Å²) in [6, 6.07) is 24.5. The summed E-state index contributed by atoms with van der Waals surface area (Å²) in [5, 5.41) is 14.2. The molecule has 0 amide bonds. The number of esters is 1. The van der Waals surface area contributed by atoms with Gasteiger partial charge in [0.05, 0.1) is 32.8 Å². The maximum absolute atomic E-state index is 13.4. The van der Waals surface area contributed by atoms with E-state index >= 15 is 0 Å². The van der Waals surface area contributed by atoms with Crippen LogP contribution in [0, 0.1) is 11.8 Å². The fourth-order valence-corrected chi connectivity index (χ4v) is 6.26. The van der Waals surface area contributed by atoms with E-state index in [1.165, 1.54) is 14.2 Å². The Morgan fingerprint density at radius 1 is 0.810 bits per heavy atom. The molecule has 0 bridgehead atoms. The number of fused-ring (bicyclic) bond motifs is 3. The molecule has 0 aromatic heterocycles. The molecule has 4 aromatic rings. The first-order valence-electron chi connectivity index (χ1n) is 13.7. The average molecular weight is 568 g/mol. The minimum Gasteiger partial charge on any atom is -0.502 e. The average Bonchev–Trinajstić information content (AvgIpc) is 3.64. The molecule has 0 saturated carbocycles. The highest BCUT2D eigenvalue weighted by Gasteiger charge is 2.52. The zero-order chi connectivity index (χ0) is 28.8. The van der Waals surface area contributed by atoms with Crippen LogP contribution >= 0.6 is 0 Å². The van der Waals surface area contributed by atoms with Crippen LogP contribution in [0.2, 0.25) is 0 Å². The van der Waals surface area contributed by atoms with Crippen LogP contribution in [0.3, 0.4) is 0 Å². The summed E-state index contributed by atoms with van der Waals surface area (Å²) in [5.74, 6) is 1.76. The molecule has 9 nitrogen and oxygen atoms in total. The Balaban J connectivity index is 1.30. The van der Waals surface area contributed by atoms with Gasteiger partial charge < -0.3 is 38.8 Å². The van der Waals surface area contributed by atoms with Crippen molar-refractivity contribution in [2.75, 3.05) is 32.9 Å². The summed E-state index contributed by atoms with van der Waals surface area (Å²) >= 11 is 0. The van der Waals surface area contributed by atoms with Crippen LogP contribution < -0.4 is 29.0 Å². The lowest BCUT2D eigenvalue weighted by atomic mass is 9.65. The van der Waals surface area contributed by atoms with Crippen molar-refractivity contribution in [2.45, 2.75) is 12.0 Å². The van der Waals surface area contributed by atoms with E-state index in [1.54, 1.807) is 12.1 Å². The quantitative estimate of drug-likeness (QED) is 0.260. The number of hydrogen-bond acceptors (Lipinski definition) is 9. The van der Waals surface area contributed by atoms with Gasteiger partial charge in [-0.15, -0.1) is 0 Å². The van der Waals surface area contributed by atoms with E-state index < -0.39 is 11.8 Å². The lowest BCUT2D eigenvalue weighted by molar-refractivity contribution is -0.141. The van der Waals surface area contributed by atoms with Gasteiger partial charge in [0.15, 0.2) is 23.0 Å². The number of carbonyl (C=O) groups is 1. The predicted molar refractivity (Wildman–Crippen MR) is 153 cm³/mol. The van der Waals surface area contributed by atoms with E-state index in [-0.39, 0.29) is 48.6 Å². The lowest BCUT2D eigenvalue weighted by Crippen LogP contribution is -2.37. The van der Waals surface area contributed by atoms with Gasteiger partial charge in [-0.05, 0) is 77.4 Å². The molecule has 3 aliphatic rings. The van der Waals surface area contributed by atoms with Crippen LogP contribution in [0.25, 0.3) is 0 Å². The van der Waals surface area contributed by atoms with Crippen molar-refractivity contribution in [3.8, 4) is 40.2 Å². The Kier molecular flexibility index (Phi) is 6.42. The molecule has 2 aliphatic heterocycles. The molecule has 9 heteroatoms. The number of methoxy groups -OCH3 is 2. The summed E-state index contributed by atoms with van der Waals surface area (Å²) in [7, 11) is 2.96. The fraction of sp³-hybridized carbons (Fsp3) is 0.242. The SMILES string of the molecule is COc1cc([C@@H]2c3cc4c(cc3[C@@H](Nc3ccc(Oc5ccccc5)cc3)[C@H]3COC(=O)[C@H]23)OCO4)cc(OC)c1O. The van der Waals surface area contributed by atoms with Crippen molar-refractivity contribution in [1.29, 1.82) is 0 Å². The number of phenolic OH excluding ortho intramolecular Hbond substituents is 1. The highest BCUT2D eigenvalue weighted by molar-refractivity contribution is 5.79. The molecule has 4 aromatic carbocycles. The number of cyclic esters (lactones) is 1.